The van der Waals surface area contributed by atoms with Crippen LogP contribution >= 0.6 is 11.9 Å². The lowest BCUT2D eigenvalue weighted by Crippen LogP contribution is -2.46. The fourth-order valence-electron chi connectivity index (χ4n) is 4.39. The van der Waals surface area contributed by atoms with Crippen molar-refractivity contribution >= 4 is 11.9 Å². The summed E-state index contributed by atoms with van der Waals surface area (Å²) >= 11 is 1.61. The number of rotatable bonds is 6. The average Bonchev–Trinajstić information content (AvgIpc) is 2.64. The third kappa shape index (κ3) is 4.35. The van der Waals surface area contributed by atoms with Crippen LogP contribution in [0.1, 0.15) is 56.3 Å². The topological polar surface area (TPSA) is 63.5 Å². The number of pyridine rings is 1. The molecule has 0 aromatic carbocycles. The van der Waals surface area contributed by atoms with Gasteiger partial charge in [-0.25, -0.2) is 0 Å². The molecule has 3 rings (SSSR count). The summed E-state index contributed by atoms with van der Waals surface area (Å²) in [5.74, 6) is 0.404. The summed E-state index contributed by atoms with van der Waals surface area (Å²) in [4.78, 5) is 12.8. The van der Waals surface area contributed by atoms with Crippen LogP contribution < -0.4 is 10.3 Å². The minimum atomic E-state index is -0.224. The molecule has 1 fully saturated rings. The molecule has 3 unspecified atom stereocenters. The zero-order valence-electron chi connectivity index (χ0n) is 16.1. The molecule has 3 atom stereocenters. The third-order valence-electron chi connectivity index (χ3n) is 6.07. The highest BCUT2D eigenvalue weighted by molar-refractivity contribution is 7.96. The maximum Gasteiger partial charge on any atom is 0.254 e. The predicted molar refractivity (Wildman–Crippen MR) is 107 cm³/mol. The smallest absolute Gasteiger partial charge is 0.254 e. The van der Waals surface area contributed by atoms with Crippen molar-refractivity contribution in [1.29, 1.82) is 0 Å². The standard InChI is InChI=1S/C20H32N2O3S/c1-13-4-7-16-8-11-18(21-26-3)19(22(16)20(13)24)12-25-17-9-5-15(6-10-17)14(2)23/h4,7,14-15,17-19,21,23H,5-6,8-12H2,1-3H3. The van der Waals surface area contributed by atoms with Crippen molar-refractivity contribution in [3.63, 3.8) is 0 Å². The van der Waals surface area contributed by atoms with Crippen LogP contribution in [0.3, 0.4) is 0 Å². The Morgan fingerprint density at radius 3 is 2.69 bits per heavy atom. The third-order valence-corrected chi connectivity index (χ3v) is 6.61. The number of nitrogens with one attached hydrogen (secondary N) is 1. The van der Waals surface area contributed by atoms with Crippen molar-refractivity contribution in [1.82, 2.24) is 9.29 Å². The SMILES string of the molecule is CSNC1CCc2ccc(C)c(=O)n2C1COC1CCC(C(C)O)CC1. The predicted octanol–water partition coefficient (Wildman–Crippen LogP) is 2.84. The normalized spacial score (nSPS) is 30.0. The number of hydrogen-bond acceptors (Lipinski definition) is 5. The summed E-state index contributed by atoms with van der Waals surface area (Å²) in [6, 6.07) is 4.30. The van der Waals surface area contributed by atoms with Gasteiger partial charge in [0.05, 0.1) is 24.9 Å². The van der Waals surface area contributed by atoms with Crippen molar-refractivity contribution in [2.75, 3.05) is 12.9 Å². The first-order chi connectivity index (χ1) is 12.5. The van der Waals surface area contributed by atoms with Gasteiger partial charge in [0, 0.05) is 17.3 Å². The Labute approximate surface area is 160 Å². The molecule has 2 N–H and O–H groups in total. The van der Waals surface area contributed by atoms with Gasteiger partial charge in [-0.05, 0) is 70.6 Å². The molecule has 2 aliphatic rings. The number of fused-ring (bicyclic) bond motifs is 1. The van der Waals surface area contributed by atoms with E-state index in [-0.39, 0.29) is 29.9 Å². The van der Waals surface area contributed by atoms with Gasteiger partial charge in [-0.15, -0.1) is 0 Å². The number of aromatic nitrogens is 1. The highest BCUT2D eigenvalue weighted by Crippen LogP contribution is 2.31. The lowest BCUT2D eigenvalue weighted by molar-refractivity contribution is -0.0197. The van der Waals surface area contributed by atoms with Gasteiger partial charge in [0.1, 0.15) is 0 Å². The van der Waals surface area contributed by atoms with Gasteiger partial charge in [0.25, 0.3) is 5.56 Å². The monoisotopic (exact) mass is 380 g/mol. The molecular formula is C20H32N2O3S. The molecule has 1 aromatic heterocycles. The fraction of sp³-hybridized carbons (Fsp3) is 0.750. The second kappa shape index (κ2) is 8.91. The average molecular weight is 381 g/mol. The number of aryl methyl sites for hydroxylation is 2. The van der Waals surface area contributed by atoms with E-state index in [1.165, 1.54) is 0 Å². The largest absolute Gasteiger partial charge is 0.393 e. The van der Waals surface area contributed by atoms with Crippen LogP contribution in [0, 0.1) is 12.8 Å². The summed E-state index contributed by atoms with van der Waals surface area (Å²) in [6.07, 6.45) is 8.03. The Morgan fingerprint density at radius 1 is 1.31 bits per heavy atom. The van der Waals surface area contributed by atoms with E-state index in [1.54, 1.807) is 11.9 Å². The van der Waals surface area contributed by atoms with Crippen molar-refractivity contribution in [2.45, 2.75) is 76.7 Å². The van der Waals surface area contributed by atoms with Crippen LogP contribution in [0.5, 0.6) is 0 Å². The molecule has 5 nitrogen and oxygen atoms in total. The minimum Gasteiger partial charge on any atom is -0.393 e. The van der Waals surface area contributed by atoms with Crippen molar-refractivity contribution < 1.29 is 9.84 Å². The maximum atomic E-state index is 12.8. The fourth-order valence-corrected chi connectivity index (χ4v) is 4.97. The zero-order valence-corrected chi connectivity index (χ0v) is 16.9. The Bertz CT molecular complexity index is 653. The molecule has 0 spiro atoms. The molecular weight excluding hydrogens is 348 g/mol. The van der Waals surface area contributed by atoms with E-state index in [2.05, 4.69) is 10.8 Å². The molecule has 1 aromatic rings. The first-order valence-electron chi connectivity index (χ1n) is 9.80. The van der Waals surface area contributed by atoms with E-state index in [0.29, 0.717) is 12.5 Å². The number of ether oxygens (including phenoxy) is 1. The summed E-state index contributed by atoms with van der Waals surface area (Å²) < 4.78 is 11.7. The lowest BCUT2D eigenvalue weighted by Gasteiger charge is -2.37. The van der Waals surface area contributed by atoms with Gasteiger partial charge in [0.15, 0.2) is 0 Å². The molecule has 1 saturated carbocycles. The number of nitrogens with zero attached hydrogens (tertiary/aromatic N) is 1. The summed E-state index contributed by atoms with van der Waals surface area (Å²) in [5.41, 5.74) is 2.02. The van der Waals surface area contributed by atoms with Crippen molar-refractivity contribution in [2.24, 2.45) is 5.92 Å². The van der Waals surface area contributed by atoms with E-state index in [0.717, 1.165) is 49.8 Å². The van der Waals surface area contributed by atoms with E-state index in [9.17, 15) is 9.90 Å². The van der Waals surface area contributed by atoms with Gasteiger partial charge >= 0.3 is 0 Å². The number of aliphatic hydroxyl groups is 1. The van der Waals surface area contributed by atoms with E-state index < -0.39 is 0 Å². The van der Waals surface area contributed by atoms with Crippen LogP contribution in [0.25, 0.3) is 0 Å². The molecule has 0 amide bonds. The molecule has 1 aliphatic heterocycles. The van der Waals surface area contributed by atoms with E-state index in [4.69, 9.17) is 4.74 Å². The second-order valence-electron chi connectivity index (χ2n) is 7.83. The summed E-state index contributed by atoms with van der Waals surface area (Å²) in [5, 5.41) is 9.77. The molecule has 146 valence electrons. The van der Waals surface area contributed by atoms with Crippen LogP contribution in [-0.2, 0) is 11.2 Å². The van der Waals surface area contributed by atoms with Crippen LogP contribution in [0.15, 0.2) is 16.9 Å². The van der Waals surface area contributed by atoms with E-state index in [1.807, 2.05) is 30.7 Å². The quantitative estimate of drug-likeness (QED) is 0.743. The van der Waals surface area contributed by atoms with Gasteiger partial charge in [-0.1, -0.05) is 18.0 Å². The van der Waals surface area contributed by atoms with Gasteiger partial charge in [0.2, 0.25) is 0 Å². The van der Waals surface area contributed by atoms with Crippen molar-refractivity contribution in [3.05, 3.63) is 33.7 Å². The zero-order chi connectivity index (χ0) is 18.7. The van der Waals surface area contributed by atoms with Crippen LogP contribution in [0.2, 0.25) is 0 Å². The molecule has 6 heteroatoms. The molecule has 0 bridgehead atoms. The lowest BCUT2D eigenvalue weighted by atomic mass is 9.84. The Hall–Kier alpha value is -0.820. The molecule has 0 saturated heterocycles. The van der Waals surface area contributed by atoms with Crippen LogP contribution in [-0.4, -0.2) is 40.8 Å². The number of aliphatic hydroxyl groups excluding tert-OH is 1. The molecule has 0 radical (unpaired) electrons. The van der Waals surface area contributed by atoms with E-state index >= 15 is 0 Å². The molecule has 1 aliphatic carbocycles. The van der Waals surface area contributed by atoms with Gasteiger partial charge in [-0.2, -0.15) is 0 Å². The minimum absolute atomic E-state index is 0.0353. The molecule has 26 heavy (non-hydrogen) atoms. The Kier molecular flexibility index (Phi) is 6.83. The first-order valence-corrected chi connectivity index (χ1v) is 11.0. The maximum absolute atomic E-state index is 12.8. The van der Waals surface area contributed by atoms with Gasteiger partial charge in [-0.3, -0.25) is 9.52 Å². The Morgan fingerprint density at radius 2 is 2.04 bits per heavy atom. The highest BCUT2D eigenvalue weighted by Gasteiger charge is 2.32. The van der Waals surface area contributed by atoms with Crippen LogP contribution in [0.4, 0.5) is 0 Å². The summed E-state index contributed by atoms with van der Waals surface area (Å²) in [7, 11) is 0. The first kappa shape index (κ1) is 19.9. The highest BCUT2D eigenvalue weighted by atomic mass is 32.2. The summed E-state index contributed by atoms with van der Waals surface area (Å²) in [6.45, 7) is 4.34. The molecule has 2 heterocycles. The Balaban J connectivity index is 1.71. The number of hydrogen-bond donors (Lipinski definition) is 2. The van der Waals surface area contributed by atoms with Gasteiger partial charge < -0.3 is 14.4 Å². The van der Waals surface area contributed by atoms with Crippen molar-refractivity contribution in [3.8, 4) is 0 Å². The second-order valence-corrected chi connectivity index (χ2v) is 8.47.